The molecule has 150 valence electrons. The molecular formula is C23H17ClN2O3S. The van der Waals surface area contributed by atoms with Crippen LogP contribution in [0, 0.1) is 0 Å². The lowest BCUT2D eigenvalue weighted by Crippen LogP contribution is -2.16. The zero-order chi connectivity index (χ0) is 20.9. The fourth-order valence-electron chi connectivity index (χ4n) is 2.82. The topological polar surface area (TPSA) is 59.9 Å². The van der Waals surface area contributed by atoms with Crippen molar-refractivity contribution < 1.29 is 14.3 Å². The van der Waals surface area contributed by atoms with Gasteiger partial charge in [0.1, 0.15) is 22.1 Å². The van der Waals surface area contributed by atoms with E-state index in [4.69, 9.17) is 21.1 Å². The number of carbonyl (C=O) groups excluding carboxylic acids is 1. The molecular weight excluding hydrogens is 420 g/mol. The summed E-state index contributed by atoms with van der Waals surface area (Å²) in [5.41, 5.74) is 3.33. The second-order valence-electron chi connectivity index (χ2n) is 6.29. The number of nitrogens with one attached hydrogen (secondary N) is 1. The van der Waals surface area contributed by atoms with Gasteiger partial charge in [-0.15, -0.1) is 11.3 Å². The molecule has 1 amide bonds. The average molecular weight is 437 g/mol. The van der Waals surface area contributed by atoms with Gasteiger partial charge in [0.25, 0.3) is 5.91 Å². The van der Waals surface area contributed by atoms with Crippen molar-refractivity contribution in [1.82, 2.24) is 5.43 Å². The minimum Gasteiger partial charge on any atom is -0.497 e. The number of hydrazone groups is 1. The number of fused-ring (bicyclic) bond motifs is 1. The molecule has 7 heteroatoms. The first-order chi connectivity index (χ1) is 14.6. The number of para-hydroxylation sites is 1. The van der Waals surface area contributed by atoms with Crippen molar-refractivity contribution in [3.63, 3.8) is 0 Å². The van der Waals surface area contributed by atoms with Crippen LogP contribution in [0.2, 0.25) is 5.02 Å². The Bertz CT molecular complexity index is 1220. The fraction of sp³-hybridized carbons (Fsp3) is 0.0435. The van der Waals surface area contributed by atoms with Crippen LogP contribution >= 0.6 is 22.9 Å². The van der Waals surface area contributed by atoms with E-state index in [9.17, 15) is 4.79 Å². The Labute approximate surface area is 182 Å². The molecule has 0 unspecified atom stereocenters. The number of methoxy groups -OCH3 is 1. The molecule has 0 saturated carbocycles. The van der Waals surface area contributed by atoms with Gasteiger partial charge in [-0.3, -0.25) is 4.79 Å². The lowest BCUT2D eigenvalue weighted by atomic mass is 10.2. The number of thiophene rings is 1. The maximum absolute atomic E-state index is 12.6. The predicted octanol–water partition coefficient (Wildman–Crippen LogP) is 6.12. The highest BCUT2D eigenvalue weighted by atomic mass is 35.5. The van der Waals surface area contributed by atoms with Gasteiger partial charge in [0.15, 0.2) is 0 Å². The third-order valence-corrected chi connectivity index (χ3v) is 5.93. The van der Waals surface area contributed by atoms with E-state index in [0.29, 0.717) is 21.4 Å². The number of hydrogen-bond donors (Lipinski definition) is 1. The molecule has 0 aliphatic carbocycles. The van der Waals surface area contributed by atoms with Gasteiger partial charge >= 0.3 is 0 Å². The Morgan fingerprint density at radius 2 is 1.80 bits per heavy atom. The van der Waals surface area contributed by atoms with E-state index < -0.39 is 0 Å². The summed E-state index contributed by atoms with van der Waals surface area (Å²) in [5, 5.41) is 5.16. The molecule has 1 heterocycles. The van der Waals surface area contributed by atoms with Gasteiger partial charge in [0, 0.05) is 10.1 Å². The van der Waals surface area contributed by atoms with Gasteiger partial charge < -0.3 is 9.47 Å². The van der Waals surface area contributed by atoms with Crippen LogP contribution in [0.3, 0.4) is 0 Å². The van der Waals surface area contributed by atoms with Crippen molar-refractivity contribution in [1.29, 1.82) is 0 Å². The smallest absolute Gasteiger partial charge is 0.283 e. The van der Waals surface area contributed by atoms with Crippen LogP contribution in [-0.4, -0.2) is 19.2 Å². The lowest BCUT2D eigenvalue weighted by molar-refractivity contribution is 0.0959. The minimum absolute atomic E-state index is 0.370. The summed E-state index contributed by atoms with van der Waals surface area (Å²) >= 11 is 7.79. The average Bonchev–Trinajstić information content (AvgIpc) is 3.11. The lowest BCUT2D eigenvalue weighted by Gasteiger charge is -2.05. The number of carbonyl (C=O) groups is 1. The number of ether oxygens (including phenoxy) is 2. The molecule has 0 aliphatic rings. The van der Waals surface area contributed by atoms with E-state index in [0.717, 1.165) is 21.4 Å². The van der Waals surface area contributed by atoms with E-state index in [-0.39, 0.29) is 5.91 Å². The van der Waals surface area contributed by atoms with Crippen LogP contribution < -0.4 is 14.9 Å². The summed E-state index contributed by atoms with van der Waals surface area (Å²) in [6.45, 7) is 0. The van der Waals surface area contributed by atoms with E-state index in [1.807, 2.05) is 72.8 Å². The third-order valence-electron chi connectivity index (χ3n) is 4.26. The Hall–Kier alpha value is -3.35. The van der Waals surface area contributed by atoms with Gasteiger partial charge in [-0.1, -0.05) is 41.9 Å². The molecule has 0 fully saturated rings. The highest BCUT2D eigenvalue weighted by molar-refractivity contribution is 7.21. The van der Waals surface area contributed by atoms with Gasteiger partial charge in [-0.25, -0.2) is 5.43 Å². The SMILES string of the molecule is COc1cccc(/C=N/NC(=O)c2sc3ccc(Oc4ccccc4)cc3c2Cl)c1. The first kappa shape index (κ1) is 19.9. The molecule has 0 atom stereocenters. The molecule has 0 radical (unpaired) electrons. The molecule has 30 heavy (non-hydrogen) atoms. The van der Waals surface area contributed by atoms with Crippen molar-refractivity contribution in [2.75, 3.05) is 7.11 Å². The van der Waals surface area contributed by atoms with Crippen LogP contribution in [0.25, 0.3) is 10.1 Å². The summed E-state index contributed by atoms with van der Waals surface area (Å²) in [7, 11) is 1.60. The van der Waals surface area contributed by atoms with Crippen LogP contribution in [0.4, 0.5) is 0 Å². The number of rotatable bonds is 6. The van der Waals surface area contributed by atoms with Crippen molar-refractivity contribution >= 4 is 45.1 Å². The van der Waals surface area contributed by atoms with Gasteiger partial charge in [-0.2, -0.15) is 5.10 Å². The Morgan fingerprint density at radius 1 is 1.00 bits per heavy atom. The first-order valence-electron chi connectivity index (χ1n) is 9.06. The minimum atomic E-state index is -0.370. The zero-order valence-electron chi connectivity index (χ0n) is 16.0. The standard InChI is InChI=1S/C23H17ClN2O3S/c1-28-17-9-5-6-15(12-17)14-25-26-23(27)22-21(24)19-13-18(10-11-20(19)30-22)29-16-7-3-2-4-8-16/h2-14H,1H3,(H,26,27)/b25-14+. The molecule has 4 rings (SSSR count). The fourth-order valence-corrected chi connectivity index (χ4v) is 4.20. The normalized spacial score (nSPS) is 11.0. The molecule has 1 aromatic heterocycles. The molecule has 0 bridgehead atoms. The van der Waals surface area contributed by atoms with E-state index >= 15 is 0 Å². The van der Waals surface area contributed by atoms with Crippen LogP contribution in [0.5, 0.6) is 17.2 Å². The quantitative estimate of drug-likeness (QED) is 0.292. The molecule has 4 aromatic rings. The molecule has 1 N–H and O–H groups in total. The highest BCUT2D eigenvalue weighted by Crippen LogP contribution is 2.38. The Kier molecular flexibility index (Phi) is 5.97. The third kappa shape index (κ3) is 4.45. The maximum Gasteiger partial charge on any atom is 0.283 e. The maximum atomic E-state index is 12.6. The summed E-state index contributed by atoms with van der Waals surface area (Å²) in [6.07, 6.45) is 1.55. The zero-order valence-corrected chi connectivity index (χ0v) is 17.5. The Morgan fingerprint density at radius 3 is 2.60 bits per heavy atom. The van der Waals surface area contributed by atoms with E-state index in [1.165, 1.54) is 11.3 Å². The molecule has 0 aliphatic heterocycles. The van der Waals surface area contributed by atoms with E-state index in [1.54, 1.807) is 13.3 Å². The van der Waals surface area contributed by atoms with Crippen LogP contribution in [-0.2, 0) is 0 Å². The summed E-state index contributed by atoms with van der Waals surface area (Å²) in [6, 6.07) is 22.4. The Balaban J connectivity index is 1.51. The summed E-state index contributed by atoms with van der Waals surface area (Å²) in [4.78, 5) is 13.0. The van der Waals surface area contributed by atoms with Crippen molar-refractivity contribution in [2.24, 2.45) is 5.10 Å². The molecule has 3 aromatic carbocycles. The number of nitrogens with zero attached hydrogens (tertiary/aromatic N) is 1. The highest BCUT2D eigenvalue weighted by Gasteiger charge is 2.17. The largest absolute Gasteiger partial charge is 0.497 e. The van der Waals surface area contributed by atoms with Crippen molar-refractivity contribution in [2.45, 2.75) is 0 Å². The number of benzene rings is 3. The monoisotopic (exact) mass is 436 g/mol. The molecule has 5 nitrogen and oxygen atoms in total. The molecule has 0 spiro atoms. The second-order valence-corrected chi connectivity index (χ2v) is 7.72. The number of amides is 1. The van der Waals surface area contributed by atoms with Crippen molar-refractivity contribution in [3.8, 4) is 17.2 Å². The second kappa shape index (κ2) is 8.98. The van der Waals surface area contributed by atoms with Gasteiger partial charge in [-0.05, 0) is 48.0 Å². The van der Waals surface area contributed by atoms with Crippen molar-refractivity contribution in [3.05, 3.63) is 88.3 Å². The van der Waals surface area contributed by atoms with Gasteiger partial charge in [0.05, 0.1) is 18.3 Å². The van der Waals surface area contributed by atoms with E-state index in [2.05, 4.69) is 10.5 Å². The predicted molar refractivity (Wildman–Crippen MR) is 121 cm³/mol. The number of halogens is 1. The van der Waals surface area contributed by atoms with Crippen LogP contribution in [0.15, 0.2) is 77.9 Å². The van der Waals surface area contributed by atoms with Crippen LogP contribution in [0.1, 0.15) is 15.2 Å². The van der Waals surface area contributed by atoms with Gasteiger partial charge in [0.2, 0.25) is 0 Å². The number of hydrogen-bond acceptors (Lipinski definition) is 5. The summed E-state index contributed by atoms with van der Waals surface area (Å²) < 4.78 is 11.9. The first-order valence-corrected chi connectivity index (χ1v) is 10.3. The molecule has 0 saturated heterocycles. The summed E-state index contributed by atoms with van der Waals surface area (Å²) in [5.74, 6) is 1.72.